The number of rotatable bonds is 4. The van der Waals surface area contributed by atoms with Crippen molar-refractivity contribution in [1.82, 2.24) is 9.47 Å². The molecule has 3 rings (SSSR count). The fourth-order valence-electron chi connectivity index (χ4n) is 3.08. The summed E-state index contributed by atoms with van der Waals surface area (Å²) in [6, 6.07) is 10.8. The van der Waals surface area contributed by atoms with E-state index in [9.17, 15) is 9.59 Å². The molecule has 132 valence electrons. The van der Waals surface area contributed by atoms with Gasteiger partial charge in [-0.05, 0) is 43.8 Å². The summed E-state index contributed by atoms with van der Waals surface area (Å²) >= 11 is 0. The van der Waals surface area contributed by atoms with Crippen molar-refractivity contribution in [3.8, 4) is 0 Å². The second kappa shape index (κ2) is 7.53. The van der Waals surface area contributed by atoms with Gasteiger partial charge in [0, 0.05) is 49.8 Å². The number of carbonyl (C=O) groups is 1. The van der Waals surface area contributed by atoms with E-state index in [1.807, 2.05) is 12.1 Å². The smallest absolute Gasteiger partial charge is 0.250 e. The molecule has 1 amide bonds. The van der Waals surface area contributed by atoms with Crippen molar-refractivity contribution in [3.63, 3.8) is 0 Å². The Morgan fingerprint density at radius 2 is 1.88 bits per heavy atom. The van der Waals surface area contributed by atoms with E-state index in [-0.39, 0.29) is 18.0 Å². The highest BCUT2D eigenvalue weighted by Crippen LogP contribution is 2.24. The predicted molar refractivity (Wildman–Crippen MR) is 100 cm³/mol. The molecule has 1 aliphatic rings. The molecule has 2 heterocycles. The zero-order chi connectivity index (χ0) is 17.8. The molecule has 0 saturated carbocycles. The van der Waals surface area contributed by atoms with Crippen LogP contribution in [0, 0.1) is 6.92 Å². The Labute approximate surface area is 147 Å². The van der Waals surface area contributed by atoms with Crippen molar-refractivity contribution in [2.75, 3.05) is 43.4 Å². The van der Waals surface area contributed by atoms with Gasteiger partial charge in [-0.25, -0.2) is 0 Å². The van der Waals surface area contributed by atoms with E-state index >= 15 is 0 Å². The minimum Gasteiger partial charge on any atom is -0.369 e. The maximum absolute atomic E-state index is 12.2. The van der Waals surface area contributed by atoms with Gasteiger partial charge in [-0.15, -0.1) is 0 Å². The first-order valence-electron chi connectivity index (χ1n) is 8.52. The van der Waals surface area contributed by atoms with Crippen LogP contribution in [0.15, 0.2) is 47.4 Å². The summed E-state index contributed by atoms with van der Waals surface area (Å²) in [6.07, 6.45) is 1.61. The minimum absolute atomic E-state index is 0.0128. The first-order valence-corrected chi connectivity index (χ1v) is 8.52. The number of hydrogen-bond donors (Lipinski definition) is 1. The molecule has 6 nitrogen and oxygen atoms in total. The molecule has 1 fully saturated rings. The number of piperazine rings is 1. The number of anilines is 2. The average molecular weight is 340 g/mol. The van der Waals surface area contributed by atoms with Gasteiger partial charge >= 0.3 is 0 Å². The number of carbonyl (C=O) groups excluding carboxylic acids is 1. The molecule has 1 saturated heterocycles. The Balaban J connectivity index is 1.65. The molecule has 0 aliphatic carbocycles. The minimum atomic E-state index is -0.208. The highest BCUT2D eigenvalue weighted by molar-refractivity contribution is 5.91. The Kier molecular flexibility index (Phi) is 5.19. The first kappa shape index (κ1) is 17.2. The van der Waals surface area contributed by atoms with Crippen LogP contribution in [0.2, 0.25) is 0 Å². The topological polar surface area (TPSA) is 57.6 Å². The van der Waals surface area contributed by atoms with Gasteiger partial charge in [-0.2, -0.15) is 0 Å². The third-order valence-electron chi connectivity index (χ3n) is 4.54. The van der Waals surface area contributed by atoms with Crippen molar-refractivity contribution in [2.24, 2.45) is 0 Å². The summed E-state index contributed by atoms with van der Waals surface area (Å²) in [5.41, 5.74) is 2.92. The Morgan fingerprint density at radius 1 is 1.12 bits per heavy atom. The average Bonchev–Trinajstić information content (AvgIpc) is 2.58. The van der Waals surface area contributed by atoms with Crippen molar-refractivity contribution >= 4 is 17.3 Å². The molecule has 0 bridgehead atoms. The van der Waals surface area contributed by atoms with E-state index in [4.69, 9.17) is 0 Å². The number of aromatic nitrogens is 1. The largest absolute Gasteiger partial charge is 0.369 e. The molecule has 0 atom stereocenters. The number of amides is 1. The maximum Gasteiger partial charge on any atom is 0.250 e. The third kappa shape index (κ3) is 4.28. The van der Waals surface area contributed by atoms with E-state index in [2.05, 4.69) is 35.2 Å². The third-order valence-corrected chi connectivity index (χ3v) is 4.54. The number of nitrogens with zero attached hydrogens (tertiary/aromatic N) is 3. The SMILES string of the molecule is Cc1cc(NC(=O)Cn2ccccc2=O)ccc1N1CCN(C)CC1. The highest BCUT2D eigenvalue weighted by atomic mass is 16.2. The molecule has 1 aromatic heterocycles. The van der Waals surface area contributed by atoms with Crippen LogP contribution in [0.1, 0.15) is 5.56 Å². The summed E-state index contributed by atoms with van der Waals surface area (Å²) in [7, 11) is 2.14. The molecule has 1 N–H and O–H groups in total. The van der Waals surface area contributed by atoms with Gasteiger partial charge < -0.3 is 19.7 Å². The summed E-state index contributed by atoms with van der Waals surface area (Å²) in [4.78, 5) is 28.6. The zero-order valence-electron chi connectivity index (χ0n) is 14.7. The van der Waals surface area contributed by atoms with E-state index < -0.39 is 0 Å². The number of hydrogen-bond acceptors (Lipinski definition) is 4. The number of pyridine rings is 1. The Hall–Kier alpha value is -2.60. The van der Waals surface area contributed by atoms with Crippen molar-refractivity contribution in [1.29, 1.82) is 0 Å². The molecule has 0 spiro atoms. The van der Waals surface area contributed by atoms with Gasteiger partial charge in [0.15, 0.2) is 0 Å². The van der Waals surface area contributed by atoms with Crippen molar-refractivity contribution < 1.29 is 4.79 Å². The van der Waals surface area contributed by atoms with Crippen LogP contribution in [0.25, 0.3) is 0 Å². The molecule has 1 aromatic carbocycles. The normalized spacial score (nSPS) is 15.2. The summed E-state index contributed by atoms with van der Waals surface area (Å²) in [6.45, 7) is 6.22. The Bertz CT molecular complexity index is 807. The van der Waals surface area contributed by atoms with Crippen LogP contribution in [0.3, 0.4) is 0 Å². The van der Waals surface area contributed by atoms with Gasteiger partial charge in [0.2, 0.25) is 5.91 Å². The molecule has 6 heteroatoms. The molecule has 2 aromatic rings. The Morgan fingerprint density at radius 3 is 2.56 bits per heavy atom. The fourth-order valence-corrected chi connectivity index (χ4v) is 3.08. The molecule has 1 aliphatic heterocycles. The van der Waals surface area contributed by atoms with Crippen LogP contribution in [-0.4, -0.2) is 48.6 Å². The van der Waals surface area contributed by atoms with E-state index in [0.29, 0.717) is 0 Å². The zero-order valence-corrected chi connectivity index (χ0v) is 14.7. The van der Waals surface area contributed by atoms with Crippen molar-refractivity contribution in [3.05, 3.63) is 58.5 Å². The number of benzene rings is 1. The number of aryl methyl sites for hydroxylation is 1. The quantitative estimate of drug-likeness (QED) is 0.917. The van der Waals surface area contributed by atoms with Gasteiger partial charge in [-0.3, -0.25) is 9.59 Å². The number of nitrogens with one attached hydrogen (secondary N) is 1. The lowest BCUT2D eigenvalue weighted by Crippen LogP contribution is -2.44. The summed E-state index contributed by atoms with van der Waals surface area (Å²) in [5.74, 6) is -0.208. The molecule has 0 radical (unpaired) electrons. The van der Waals surface area contributed by atoms with Crippen LogP contribution in [0.5, 0.6) is 0 Å². The second-order valence-corrected chi connectivity index (χ2v) is 6.51. The predicted octanol–water partition coefficient (Wildman–Crippen LogP) is 1.55. The van der Waals surface area contributed by atoms with Gasteiger partial charge in [0.1, 0.15) is 6.54 Å². The lowest BCUT2D eigenvalue weighted by Gasteiger charge is -2.35. The monoisotopic (exact) mass is 340 g/mol. The van der Waals surface area contributed by atoms with E-state index in [1.54, 1.807) is 18.3 Å². The first-order chi connectivity index (χ1) is 12.0. The molecular weight excluding hydrogens is 316 g/mol. The lowest BCUT2D eigenvalue weighted by atomic mass is 10.1. The molecular formula is C19H24N4O2. The van der Waals surface area contributed by atoms with Crippen LogP contribution in [0.4, 0.5) is 11.4 Å². The molecule has 25 heavy (non-hydrogen) atoms. The second-order valence-electron chi connectivity index (χ2n) is 6.51. The van der Waals surface area contributed by atoms with Gasteiger partial charge in [0.25, 0.3) is 5.56 Å². The van der Waals surface area contributed by atoms with E-state index in [1.165, 1.54) is 16.3 Å². The molecule has 0 unspecified atom stereocenters. The maximum atomic E-state index is 12.2. The standard InChI is InChI=1S/C19H24N4O2/c1-15-13-16(6-7-17(15)22-11-9-21(2)10-12-22)20-18(24)14-23-8-4-3-5-19(23)25/h3-8,13H,9-12,14H2,1-2H3,(H,20,24). The van der Waals surface area contributed by atoms with E-state index in [0.717, 1.165) is 37.4 Å². The summed E-state index contributed by atoms with van der Waals surface area (Å²) < 4.78 is 1.39. The fraction of sp³-hybridized carbons (Fsp3) is 0.368. The van der Waals surface area contributed by atoms with Gasteiger partial charge in [-0.1, -0.05) is 6.07 Å². The lowest BCUT2D eigenvalue weighted by molar-refractivity contribution is -0.116. The summed E-state index contributed by atoms with van der Waals surface area (Å²) in [5, 5.41) is 2.87. The van der Waals surface area contributed by atoms with Gasteiger partial charge in [0.05, 0.1) is 0 Å². The van der Waals surface area contributed by atoms with Crippen LogP contribution >= 0.6 is 0 Å². The van der Waals surface area contributed by atoms with Crippen LogP contribution in [-0.2, 0) is 11.3 Å². The number of likely N-dealkylation sites (N-methyl/N-ethyl adjacent to an activating group) is 1. The highest BCUT2D eigenvalue weighted by Gasteiger charge is 2.16. The van der Waals surface area contributed by atoms with Crippen molar-refractivity contribution in [2.45, 2.75) is 13.5 Å². The van der Waals surface area contributed by atoms with Crippen LogP contribution < -0.4 is 15.8 Å².